The molecule has 0 spiro atoms. The molecule has 1 unspecified atom stereocenters. The molecule has 0 amide bonds. The van der Waals surface area contributed by atoms with Crippen LogP contribution in [0.3, 0.4) is 0 Å². The Balaban J connectivity index is 2.67. The second-order valence-corrected chi connectivity index (χ2v) is 4.87. The highest BCUT2D eigenvalue weighted by Crippen LogP contribution is 2.13. The first-order chi connectivity index (χ1) is 7.47. The van der Waals surface area contributed by atoms with Crippen molar-refractivity contribution in [3.63, 3.8) is 0 Å². The van der Waals surface area contributed by atoms with Crippen molar-refractivity contribution >= 4 is 0 Å². The van der Waals surface area contributed by atoms with E-state index >= 15 is 0 Å². The van der Waals surface area contributed by atoms with Gasteiger partial charge in [-0.15, -0.1) is 0 Å². The SMILES string of the molecule is CCc1ccccc1CNC(C)(C)C(C)O. The van der Waals surface area contributed by atoms with Gasteiger partial charge in [-0.2, -0.15) is 0 Å². The van der Waals surface area contributed by atoms with Gasteiger partial charge in [0.1, 0.15) is 0 Å². The predicted octanol–water partition coefficient (Wildman–Crippen LogP) is 2.50. The molecule has 1 atom stereocenters. The minimum Gasteiger partial charge on any atom is -0.392 e. The van der Waals surface area contributed by atoms with Crippen molar-refractivity contribution in [2.45, 2.75) is 52.3 Å². The fraction of sp³-hybridized carbons (Fsp3) is 0.571. The summed E-state index contributed by atoms with van der Waals surface area (Å²) in [6.45, 7) is 8.83. The Morgan fingerprint density at radius 3 is 2.31 bits per heavy atom. The van der Waals surface area contributed by atoms with E-state index in [4.69, 9.17) is 0 Å². The molecular formula is C14H23NO. The minimum absolute atomic E-state index is 0.249. The number of hydrogen-bond donors (Lipinski definition) is 2. The lowest BCUT2D eigenvalue weighted by Gasteiger charge is -2.30. The Labute approximate surface area is 98.7 Å². The molecule has 0 aliphatic rings. The van der Waals surface area contributed by atoms with Crippen LogP contribution in [0.1, 0.15) is 38.8 Å². The molecule has 0 fully saturated rings. The number of nitrogens with one attached hydrogen (secondary N) is 1. The Morgan fingerprint density at radius 2 is 1.81 bits per heavy atom. The van der Waals surface area contributed by atoms with Crippen LogP contribution in [0.25, 0.3) is 0 Å². The van der Waals surface area contributed by atoms with Gasteiger partial charge in [0.2, 0.25) is 0 Å². The quantitative estimate of drug-likeness (QED) is 0.800. The molecule has 90 valence electrons. The van der Waals surface area contributed by atoms with E-state index in [1.807, 2.05) is 20.8 Å². The summed E-state index contributed by atoms with van der Waals surface area (Å²) in [6, 6.07) is 8.43. The van der Waals surface area contributed by atoms with Crippen LogP contribution in [-0.2, 0) is 13.0 Å². The lowest BCUT2D eigenvalue weighted by Crippen LogP contribution is -2.47. The summed E-state index contributed by atoms with van der Waals surface area (Å²) in [5, 5.41) is 13.0. The van der Waals surface area contributed by atoms with Crippen LogP contribution in [0.2, 0.25) is 0 Å². The highest BCUT2D eigenvalue weighted by atomic mass is 16.3. The van der Waals surface area contributed by atoms with Crippen molar-refractivity contribution in [2.24, 2.45) is 0 Å². The summed E-state index contributed by atoms with van der Waals surface area (Å²) in [4.78, 5) is 0. The molecule has 0 aliphatic heterocycles. The molecule has 2 heteroatoms. The fourth-order valence-electron chi connectivity index (χ4n) is 1.55. The zero-order chi connectivity index (χ0) is 12.2. The van der Waals surface area contributed by atoms with Crippen molar-refractivity contribution in [3.05, 3.63) is 35.4 Å². The molecular weight excluding hydrogens is 198 g/mol. The fourth-order valence-corrected chi connectivity index (χ4v) is 1.55. The van der Waals surface area contributed by atoms with Gasteiger partial charge in [0.05, 0.1) is 6.10 Å². The summed E-state index contributed by atoms with van der Waals surface area (Å²) in [5.74, 6) is 0. The minimum atomic E-state index is -0.360. The molecule has 0 bridgehead atoms. The zero-order valence-electron chi connectivity index (χ0n) is 10.7. The third-order valence-corrected chi connectivity index (χ3v) is 3.28. The molecule has 0 saturated carbocycles. The van der Waals surface area contributed by atoms with Crippen LogP contribution in [0, 0.1) is 0 Å². The molecule has 0 radical (unpaired) electrons. The third-order valence-electron chi connectivity index (χ3n) is 3.28. The van der Waals surface area contributed by atoms with Gasteiger partial charge in [-0.05, 0) is 38.3 Å². The topological polar surface area (TPSA) is 32.3 Å². The van der Waals surface area contributed by atoms with Crippen LogP contribution in [-0.4, -0.2) is 16.7 Å². The first-order valence-electron chi connectivity index (χ1n) is 5.97. The molecule has 1 rings (SSSR count). The van der Waals surface area contributed by atoms with Crippen molar-refractivity contribution in [1.29, 1.82) is 0 Å². The summed E-state index contributed by atoms with van der Waals surface area (Å²) in [6.07, 6.45) is 0.689. The predicted molar refractivity (Wildman–Crippen MR) is 68.4 cm³/mol. The smallest absolute Gasteiger partial charge is 0.0688 e. The number of benzene rings is 1. The normalized spacial score (nSPS) is 13.8. The van der Waals surface area contributed by atoms with Crippen molar-refractivity contribution in [2.75, 3.05) is 0 Å². The second-order valence-electron chi connectivity index (χ2n) is 4.87. The number of rotatable bonds is 5. The average molecular weight is 221 g/mol. The molecule has 16 heavy (non-hydrogen) atoms. The molecule has 1 aromatic rings. The first-order valence-corrected chi connectivity index (χ1v) is 5.97. The van der Waals surface area contributed by atoms with Gasteiger partial charge in [0.25, 0.3) is 0 Å². The van der Waals surface area contributed by atoms with E-state index in [1.165, 1.54) is 11.1 Å². The molecule has 1 aromatic carbocycles. The lowest BCUT2D eigenvalue weighted by atomic mass is 9.97. The number of aliphatic hydroxyl groups is 1. The molecule has 2 N–H and O–H groups in total. The maximum Gasteiger partial charge on any atom is 0.0688 e. The molecule has 2 nitrogen and oxygen atoms in total. The van der Waals surface area contributed by atoms with Crippen LogP contribution in [0.5, 0.6) is 0 Å². The standard InChI is InChI=1S/C14H23NO/c1-5-12-8-6-7-9-13(12)10-15-14(3,4)11(2)16/h6-9,11,15-16H,5,10H2,1-4H3. The van der Waals surface area contributed by atoms with Gasteiger partial charge >= 0.3 is 0 Å². The van der Waals surface area contributed by atoms with E-state index in [0.717, 1.165) is 13.0 Å². The van der Waals surface area contributed by atoms with Gasteiger partial charge in [-0.1, -0.05) is 31.2 Å². The number of aliphatic hydroxyl groups excluding tert-OH is 1. The molecule has 0 heterocycles. The average Bonchev–Trinajstić information content (AvgIpc) is 2.26. The van der Waals surface area contributed by atoms with Crippen LogP contribution >= 0.6 is 0 Å². The third kappa shape index (κ3) is 3.32. The second kappa shape index (κ2) is 5.46. The van der Waals surface area contributed by atoms with Gasteiger partial charge in [0.15, 0.2) is 0 Å². The first kappa shape index (κ1) is 13.2. The number of aryl methyl sites for hydroxylation is 1. The van der Waals surface area contributed by atoms with Crippen LogP contribution in [0.4, 0.5) is 0 Å². The van der Waals surface area contributed by atoms with E-state index in [-0.39, 0.29) is 11.6 Å². The van der Waals surface area contributed by atoms with E-state index in [0.29, 0.717) is 0 Å². The Morgan fingerprint density at radius 1 is 1.25 bits per heavy atom. The van der Waals surface area contributed by atoms with E-state index in [9.17, 15) is 5.11 Å². The summed E-state index contributed by atoms with van der Waals surface area (Å²) in [7, 11) is 0. The summed E-state index contributed by atoms with van der Waals surface area (Å²) >= 11 is 0. The van der Waals surface area contributed by atoms with E-state index < -0.39 is 0 Å². The maximum absolute atomic E-state index is 9.62. The highest BCUT2D eigenvalue weighted by Gasteiger charge is 2.22. The van der Waals surface area contributed by atoms with Crippen molar-refractivity contribution < 1.29 is 5.11 Å². The zero-order valence-corrected chi connectivity index (χ0v) is 10.7. The summed E-state index contributed by atoms with van der Waals surface area (Å²) in [5.41, 5.74) is 2.44. The Kier molecular flexibility index (Phi) is 4.51. The Bertz CT molecular complexity index is 331. The largest absolute Gasteiger partial charge is 0.392 e. The van der Waals surface area contributed by atoms with Gasteiger partial charge < -0.3 is 10.4 Å². The maximum atomic E-state index is 9.62. The monoisotopic (exact) mass is 221 g/mol. The van der Waals surface area contributed by atoms with Gasteiger partial charge in [0, 0.05) is 12.1 Å². The van der Waals surface area contributed by atoms with E-state index in [1.54, 1.807) is 0 Å². The Hall–Kier alpha value is -0.860. The van der Waals surface area contributed by atoms with E-state index in [2.05, 4.69) is 36.5 Å². The number of hydrogen-bond acceptors (Lipinski definition) is 2. The van der Waals surface area contributed by atoms with Gasteiger partial charge in [-0.25, -0.2) is 0 Å². The molecule has 0 saturated heterocycles. The molecule has 0 aromatic heterocycles. The molecule has 0 aliphatic carbocycles. The van der Waals surface area contributed by atoms with Crippen LogP contribution < -0.4 is 5.32 Å². The van der Waals surface area contributed by atoms with Crippen LogP contribution in [0.15, 0.2) is 24.3 Å². The highest BCUT2D eigenvalue weighted by molar-refractivity contribution is 5.27. The van der Waals surface area contributed by atoms with Crippen molar-refractivity contribution in [1.82, 2.24) is 5.32 Å². The summed E-state index contributed by atoms with van der Waals surface area (Å²) < 4.78 is 0. The lowest BCUT2D eigenvalue weighted by molar-refractivity contribution is 0.0956. The van der Waals surface area contributed by atoms with Crippen molar-refractivity contribution in [3.8, 4) is 0 Å². The van der Waals surface area contributed by atoms with Gasteiger partial charge in [-0.3, -0.25) is 0 Å².